The van der Waals surface area contributed by atoms with E-state index in [1.165, 1.54) is 11.1 Å². The molecule has 0 amide bonds. The molecule has 7 nitrogen and oxygen atoms in total. The Morgan fingerprint density at radius 3 is 2.67 bits per heavy atom. The van der Waals surface area contributed by atoms with Crippen LogP contribution in [0.5, 0.6) is 5.75 Å². The van der Waals surface area contributed by atoms with Crippen LogP contribution in [0.3, 0.4) is 0 Å². The first-order valence-electron chi connectivity index (χ1n) is 10.8. The summed E-state index contributed by atoms with van der Waals surface area (Å²) in [5, 5.41) is 10.7. The molecule has 30 heavy (non-hydrogen) atoms. The number of aliphatic imine (C=N–C) groups is 1. The van der Waals surface area contributed by atoms with Gasteiger partial charge >= 0.3 is 0 Å². The van der Waals surface area contributed by atoms with Gasteiger partial charge < -0.3 is 24.6 Å². The summed E-state index contributed by atoms with van der Waals surface area (Å²) in [6, 6.07) is 6.22. The number of benzene rings is 1. The molecule has 0 radical (unpaired) electrons. The van der Waals surface area contributed by atoms with E-state index in [4.69, 9.17) is 19.0 Å². The van der Waals surface area contributed by atoms with Gasteiger partial charge in [0.05, 0.1) is 18.8 Å². The number of nitrogens with zero attached hydrogens (tertiary/aromatic N) is 2. The van der Waals surface area contributed by atoms with Crippen LogP contribution in [0.15, 0.2) is 27.7 Å². The first-order valence-corrected chi connectivity index (χ1v) is 10.8. The minimum atomic E-state index is 0.536. The van der Waals surface area contributed by atoms with Crippen LogP contribution < -0.4 is 15.4 Å². The van der Waals surface area contributed by atoms with Crippen LogP contribution >= 0.6 is 0 Å². The van der Waals surface area contributed by atoms with Crippen molar-refractivity contribution >= 4 is 5.96 Å². The lowest BCUT2D eigenvalue weighted by Gasteiger charge is -2.14. The van der Waals surface area contributed by atoms with Gasteiger partial charge in [0.2, 0.25) is 0 Å². The van der Waals surface area contributed by atoms with Crippen molar-refractivity contribution in [1.29, 1.82) is 0 Å². The van der Waals surface area contributed by atoms with E-state index in [0.717, 1.165) is 54.7 Å². The van der Waals surface area contributed by atoms with Gasteiger partial charge in [-0.3, -0.25) is 0 Å². The van der Waals surface area contributed by atoms with Gasteiger partial charge in [-0.1, -0.05) is 17.3 Å². The van der Waals surface area contributed by atoms with Gasteiger partial charge in [0, 0.05) is 30.8 Å². The lowest BCUT2D eigenvalue weighted by atomic mass is 10.1. The molecule has 0 aliphatic carbocycles. The molecule has 0 aliphatic heterocycles. The minimum Gasteiger partial charge on any atom is -0.491 e. The number of guanidine groups is 1. The number of nitrogens with one attached hydrogen (secondary N) is 2. The minimum absolute atomic E-state index is 0.536. The van der Waals surface area contributed by atoms with Gasteiger partial charge in [0.25, 0.3) is 0 Å². The third-order valence-electron chi connectivity index (χ3n) is 4.74. The van der Waals surface area contributed by atoms with Gasteiger partial charge in [-0.15, -0.1) is 0 Å². The topological polar surface area (TPSA) is 80.9 Å². The maximum absolute atomic E-state index is 5.92. The van der Waals surface area contributed by atoms with E-state index in [9.17, 15) is 0 Å². The zero-order valence-corrected chi connectivity index (χ0v) is 19.0. The molecule has 0 saturated carbocycles. The Hall–Kier alpha value is -2.54. The third-order valence-corrected chi connectivity index (χ3v) is 4.74. The van der Waals surface area contributed by atoms with Crippen molar-refractivity contribution < 1.29 is 14.0 Å². The van der Waals surface area contributed by atoms with Crippen molar-refractivity contribution in [3.63, 3.8) is 0 Å². The van der Waals surface area contributed by atoms with Crippen LogP contribution in [-0.4, -0.2) is 44.0 Å². The number of hydrogen-bond acceptors (Lipinski definition) is 5. The Balaban J connectivity index is 1.91. The zero-order chi connectivity index (χ0) is 21.8. The summed E-state index contributed by atoms with van der Waals surface area (Å²) >= 11 is 0. The maximum Gasteiger partial charge on any atom is 0.191 e. The summed E-state index contributed by atoms with van der Waals surface area (Å²) in [5.74, 6) is 2.58. The largest absolute Gasteiger partial charge is 0.491 e. The smallest absolute Gasteiger partial charge is 0.191 e. The summed E-state index contributed by atoms with van der Waals surface area (Å²) in [6.07, 6.45) is 1.91. The summed E-state index contributed by atoms with van der Waals surface area (Å²) < 4.78 is 16.5. The van der Waals surface area contributed by atoms with Crippen LogP contribution in [0, 0.1) is 20.8 Å². The molecule has 7 heteroatoms. The third kappa shape index (κ3) is 7.71. The Bertz CT molecular complexity index is 782. The van der Waals surface area contributed by atoms with E-state index in [-0.39, 0.29) is 0 Å². The van der Waals surface area contributed by atoms with Crippen LogP contribution in [0.1, 0.15) is 48.4 Å². The van der Waals surface area contributed by atoms with E-state index in [1.807, 2.05) is 20.8 Å². The first-order chi connectivity index (χ1) is 14.5. The van der Waals surface area contributed by atoms with Gasteiger partial charge in [0.15, 0.2) is 5.96 Å². The summed E-state index contributed by atoms with van der Waals surface area (Å²) in [6.45, 7) is 14.0. The second-order valence-electron chi connectivity index (χ2n) is 7.18. The molecule has 2 rings (SSSR count). The number of aromatic nitrogens is 1. The molecule has 0 unspecified atom stereocenters. The summed E-state index contributed by atoms with van der Waals surface area (Å²) in [7, 11) is 0. The molecule has 2 aromatic rings. The van der Waals surface area contributed by atoms with Gasteiger partial charge in [0.1, 0.15) is 18.1 Å². The Labute approximate surface area is 180 Å². The van der Waals surface area contributed by atoms with Crippen molar-refractivity contribution in [1.82, 2.24) is 15.8 Å². The molecule has 2 N–H and O–H groups in total. The molecule has 0 aliphatic rings. The predicted octanol–water partition coefficient (Wildman–Crippen LogP) is 3.70. The predicted molar refractivity (Wildman–Crippen MR) is 120 cm³/mol. The fraction of sp³-hybridized carbons (Fsp3) is 0.565. The Morgan fingerprint density at radius 2 is 1.97 bits per heavy atom. The molecule has 1 heterocycles. The fourth-order valence-corrected chi connectivity index (χ4v) is 3.12. The lowest BCUT2D eigenvalue weighted by Crippen LogP contribution is -2.37. The van der Waals surface area contributed by atoms with Gasteiger partial charge in [-0.2, -0.15) is 0 Å². The second kappa shape index (κ2) is 12.9. The molecular weight excluding hydrogens is 380 g/mol. The van der Waals surface area contributed by atoms with Crippen molar-refractivity contribution in [2.24, 2.45) is 4.99 Å². The zero-order valence-electron chi connectivity index (χ0n) is 19.0. The standard InChI is InChI=1S/C23H36N4O3/c1-6-24-23(25-12-8-9-21-18(4)27-30-19(21)5)26-16-20-11-10-17(3)15-22(20)29-14-13-28-7-2/h10-11,15H,6-9,12-14,16H2,1-5H3,(H2,24,25,26). The molecule has 166 valence electrons. The molecule has 1 aromatic carbocycles. The second-order valence-corrected chi connectivity index (χ2v) is 7.18. The highest BCUT2D eigenvalue weighted by molar-refractivity contribution is 5.79. The molecule has 0 saturated heterocycles. The quantitative estimate of drug-likeness (QED) is 0.312. The molecule has 0 fully saturated rings. The van der Waals surface area contributed by atoms with E-state index >= 15 is 0 Å². The summed E-state index contributed by atoms with van der Waals surface area (Å²) in [5.41, 5.74) is 4.40. The molecule has 0 bridgehead atoms. The van der Waals surface area contributed by atoms with Gasteiger partial charge in [-0.05, 0) is 59.1 Å². The van der Waals surface area contributed by atoms with E-state index < -0.39 is 0 Å². The average molecular weight is 417 g/mol. The molecule has 1 aromatic heterocycles. The Kier molecular flexibility index (Phi) is 10.2. The maximum atomic E-state index is 5.92. The lowest BCUT2D eigenvalue weighted by molar-refractivity contribution is 0.110. The van der Waals surface area contributed by atoms with Crippen molar-refractivity contribution in [2.75, 3.05) is 32.9 Å². The first kappa shape index (κ1) is 23.7. The number of aryl methyl sites for hydroxylation is 3. The van der Waals surface area contributed by atoms with E-state index in [0.29, 0.717) is 26.4 Å². The van der Waals surface area contributed by atoms with Crippen LogP contribution in [0.4, 0.5) is 0 Å². The molecule has 0 spiro atoms. The van der Waals surface area contributed by atoms with Gasteiger partial charge in [-0.25, -0.2) is 4.99 Å². The summed E-state index contributed by atoms with van der Waals surface area (Å²) in [4.78, 5) is 4.74. The SMILES string of the molecule is CCNC(=NCc1ccc(C)cc1OCCOCC)NCCCc1c(C)noc1C. The highest BCUT2D eigenvalue weighted by atomic mass is 16.5. The van der Waals surface area contributed by atoms with Crippen molar-refractivity contribution in [3.8, 4) is 5.75 Å². The highest BCUT2D eigenvalue weighted by Gasteiger charge is 2.09. The van der Waals surface area contributed by atoms with Crippen LogP contribution in [0.25, 0.3) is 0 Å². The molecular formula is C23H36N4O3. The molecule has 0 atom stereocenters. The fourth-order valence-electron chi connectivity index (χ4n) is 3.12. The normalized spacial score (nSPS) is 11.6. The van der Waals surface area contributed by atoms with E-state index in [2.05, 4.69) is 47.8 Å². The monoisotopic (exact) mass is 416 g/mol. The Morgan fingerprint density at radius 1 is 1.13 bits per heavy atom. The van der Waals surface area contributed by atoms with Crippen molar-refractivity contribution in [3.05, 3.63) is 46.3 Å². The number of rotatable bonds is 12. The van der Waals surface area contributed by atoms with Crippen LogP contribution in [0.2, 0.25) is 0 Å². The van der Waals surface area contributed by atoms with E-state index in [1.54, 1.807) is 0 Å². The average Bonchev–Trinajstić information content (AvgIpc) is 3.05. The van der Waals surface area contributed by atoms with Crippen molar-refractivity contribution in [2.45, 2.75) is 54.0 Å². The number of ether oxygens (including phenoxy) is 2. The number of hydrogen-bond donors (Lipinski definition) is 2. The van der Waals surface area contributed by atoms with Crippen LogP contribution in [-0.2, 0) is 17.7 Å². The highest BCUT2D eigenvalue weighted by Crippen LogP contribution is 2.21.